The SMILES string of the molecule is COc1ccc(S(=O)(=O)N2CCOCC2)cc1NC(=O)CSc1c(C)c(C)cc(C)c1C. The van der Waals surface area contributed by atoms with E-state index in [2.05, 4.69) is 39.1 Å². The molecule has 174 valence electrons. The van der Waals surface area contributed by atoms with Gasteiger partial charge < -0.3 is 14.8 Å². The number of methoxy groups -OCH3 is 1. The molecule has 2 aromatic carbocycles. The summed E-state index contributed by atoms with van der Waals surface area (Å²) in [5.74, 6) is 0.379. The molecule has 0 unspecified atom stereocenters. The number of nitrogens with zero attached hydrogens (tertiary/aromatic N) is 1. The predicted octanol–water partition coefficient (Wildman–Crippen LogP) is 3.68. The van der Waals surface area contributed by atoms with Crippen LogP contribution in [0.1, 0.15) is 22.3 Å². The average Bonchev–Trinajstić information content (AvgIpc) is 2.78. The lowest BCUT2D eigenvalue weighted by atomic mass is 10.0. The molecule has 0 aromatic heterocycles. The Morgan fingerprint density at radius 2 is 1.72 bits per heavy atom. The average molecular weight is 479 g/mol. The van der Waals surface area contributed by atoms with Crippen LogP contribution in [0, 0.1) is 27.7 Å². The van der Waals surface area contributed by atoms with Gasteiger partial charge in [-0.25, -0.2) is 8.42 Å². The number of nitrogens with one attached hydrogen (secondary N) is 1. The molecule has 32 heavy (non-hydrogen) atoms. The van der Waals surface area contributed by atoms with Crippen molar-refractivity contribution in [1.82, 2.24) is 4.31 Å². The zero-order valence-electron chi connectivity index (χ0n) is 19.1. The van der Waals surface area contributed by atoms with Crippen molar-refractivity contribution in [3.05, 3.63) is 46.5 Å². The fraction of sp³-hybridized carbons (Fsp3) is 0.435. The highest BCUT2D eigenvalue weighted by atomic mass is 32.2. The molecule has 0 spiro atoms. The quantitative estimate of drug-likeness (QED) is 0.611. The number of carbonyl (C=O) groups is 1. The molecular formula is C23H30N2O5S2. The summed E-state index contributed by atoms with van der Waals surface area (Å²) in [6.07, 6.45) is 0. The van der Waals surface area contributed by atoms with Crippen molar-refractivity contribution in [2.75, 3.05) is 44.5 Å². The van der Waals surface area contributed by atoms with Crippen molar-refractivity contribution in [2.45, 2.75) is 37.5 Å². The number of benzene rings is 2. The van der Waals surface area contributed by atoms with Crippen LogP contribution < -0.4 is 10.1 Å². The molecule has 3 rings (SSSR count). The maximum Gasteiger partial charge on any atom is 0.243 e. The second-order valence-electron chi connectivity index (χ2n) is 7.80. The zero-order chi connectivity index (χ0) is 23.5. The van der Waals surface area contributed by atoms with Gasteiger partial charge in [0.25, 0.3) is 0 Å². The molecule has 9 heteroatoms. The Morgan fingerprint density at radius 1 is 1.09 bits per heavy atom. The van der Waals surface area contributed by atoms with E-state index in [0.717, 1.165) is 4.90 Å². The van der Waals surface area contributed by atoms with Crippen molar-refractivity contribution in [3.8, 4) is 5.75 Å². The zero-order valence-corrected chi connectivity index (χ0v) is 20.8. The highest BCUT2D eigenvalue weighted by molar-refractivity contribution is 8.00. The first-order valence-corrected chi connectivity index (χ1v) is 12.8. The van der Waals surface area contributed by atoms with Gasteiger partial charge in [-0.1, -0.05) is 6.07 Å². The smallest absolute Gasteiger partial charge is 0.243 e. The van der Waals surface area contributed by atoms with E-state index in [1.807, 2.05) is 0 Å². The third-order valence-electron chi connectivity index (χ3n) is 5.70. The Kier molecular flexibility index (Phi) is 7.87. The molecule has 0 saturated carbocycles. The molecule has 0 atom stereocenters. The highest BCUT2D eigenvalue weighted by Gasteiger charge is 2.27. The van der Waals surface area contributed by atoms with E-state index in [9.17, 15) is 13.2 Å². The normalized spacial score (nSPS) is 14.9. The van der Waals surface area contributed by atoms with E-state index in [4.69, 9.17) is 9.47 Å². The number of thioether (sulfide) groups is 1. The van der Waals surface area contributed by atoms with Crippen molar-refractivity contribution in [1.29, 1.82) is 0 Å². The van der Waals surface area contributed by atoms with Gasteiger partial charge in [0.1, 0.15) is 5.75 Å². The molecule has 1 heterocycles. The van der Waals surface area contributed by atoms with E-state index in [0.29, 0.717) is 37.7 Å². The maximum atomic E-state index is 13.0. The lowest BCUT2D eigenvalue weighted by molar-refractivity contribution is -0.113. The molecule has 1 aliphatic rings. The number of anilines is 1. The van der Waals surface area contributed by atoms with Crippen molar-refractivity contribution < 1.29 is 22.7 Å². The van der Waals surface area contributed by atoms with Gasteiger partial charge in [-0.3, -0.25) is 4.79 Å². The van der Waals surface area contributed by atoms with Crippen LogP contribution >= 0.6 is 11.8 Å². The Balaban J connectivity index is 1.78. The summed E-state index contributed by atoms with van der Waals surface area (Å²) in [5.41, 5.74) is 5.06. The van der Waals surface area contributed by atoms with Crippen LogP contribution in [0.25, 0.3) is 0 Å². The Morgan fingerprint density at radius 3 is 2.31 bits per heavy atom. The molecule has 0 bridgehead atoms. The van der Waals surface area contributed by atoms with Crippen molar-refractivity contribution in [2.24, 2.45) is 0 Å². The monoisotopic (exact) mass is 478 g/mol. The van der Waals surface area contributed by atoms with Crippen LogP contribution in [-0.4, -0.2) is 57.8 Å². The lowest BCUT2D eigenvalue weighted by Crippen LogP contribution is -2.40. The standard InChI is InChI=1S/C23H30N2O5S2/c1-15-12-16(2)18(4)23(17(15)3)31-14-22(26)24-20-13-19(6-7-21(20)29-5)32(27,28)25-8-10-30-11-9-25/h6-7,12-13H,8-11,14H2,1-5H3,(H,24,26). The van der Waals surface area contributed by atoms with Gasteiger partial charge in [0.05, 0.1) is 36.7 Å². The number of hydrogen-bond acceptors (Lipinski definition) is 6. The van der Waals surface area contributed by atoms with Gasteiger partial charge in [-0.05, 0) is 68.1 Å². The number of rotatable bonds is 7. The molecule has 1 saturated heterocycles. The van der Waals surface area contributed by atoms with Crippen LogP contribution in [0.4, 0.5) is 5.69 Å². The number of morpholine rings is 1. The van der Waals surface area contributed by atoms with Crippen molar-refractivity contribution >= 4 is 33.4 Å². The van der Waals surface area contributed by atoms with E-state index in [1.165, 1.54) is 57.6 Å². The highest BCUT2D eigenvalue weighted by Crippen LogP contribution is 2.32. The van der Waals surface area contributed by atoms with Crippen LogP contribution in [0.15, 0.2) is 34.1 Å². The van der Waals surface area contributed by atoms with Gasteiger partial charge in [-0.15, -0.1) is 11.8 Å². The van der Waals surface area contributed by atoms with E-state index >= 15 is 0 Å². The molecular weight excluding hydrogens is 448 g/mol. The fourth-order valence-corrected chi connectivity index (χ4v) is 6.14. The number of aryl methyl sites for hydroxylation is 2. The number of hydrogen-bond donors (Lipinski definition) is 1. The van der Waals surface area contributed by atoms with E-state index in [1.54, 1.807) is 6.07 Å². The summed E-state index contributed by atoms with van der Waals surface area (Å²) >= 11 is 1.48. The summed E-state index contributed by atoms with van der Waals surface area (Å²) in [5, 5.41) is 2.82. The second-order valence-corrected chi connectivity index (χ2v) is 10.7. The first-order valence-electron chi connectivity index (χ1n) is 10.4. The number of sulfonamides is 1. The molecule has 2 aromatic rings. The summed E-state index contributed by atoms with van der Waals surface area (Å²) < 4.78 is 38.0. The van der Waals surface area contributed by atoms with Gasteiger partial charge in [0.2, 0.25) is 15.9 Å². The first kappa shape index (κ1) is 24.6. The molecule has 1 N–H and O–H groups in total. The Labute approximate surface area is 194 Å². The minimum Gasteiger partial charge on any atom is -0.495 e. The minimum absolute atomic E-state index is 0.115. The summed E-state index contributed by atoms with van der Waals surface area (Å²) in [4.78, 5) is 14.0. The third-order valence-corrected chi connectivity index (χ3v) is 8.90. The molecule has 0 aliphatic carbocycles. The molecule has 1 aliphatic heterocycles. The van der Waals surface area contributed by atoms with Gasteiger partial charge in [-0.2, -0.15) is 4.31 Å². The minimum atomic E-state index is -3.68. The van der Waals surface area contributed by atoms with E-state index in [-0.39, 0.29) is 16.6 Å². The fourth-order valence-electron chi connectivity index (χ4n) is 3.60. The Hall–Kier alpha value is -2.07. The van der Waals surface area contributed by atoms with Gasteiger partial charge in [0.15, 0.2) is 0 Å². The Bertz CT molecular complexity index is 1080. The van der Waals surface area contributed by atoms with Gasteiger partial charge in [0, 0.05) is 18.0 Å². The largest absolute Gasteiger partial charge is 0.495 e. The molecule has 1 amide bonds. The number of carbonyl (C=O) groups excluding carboxylic acids is 1. The maximum absolute atomic E-state index is 13.0. The number of ether oxygens (including phenoxy) is 2. The molecule has 1 fully saturated rings. The summed E-state index contributed by atoms with van der Waals surface area (Å²) in [6.45, 7) is 9.61. The van der Waals surface area contributed by atoms with Gasteiger partial charge >= 0.3 is 0 Å². The van der Waals surface area contributed by atoms with Crippen molar-refractivity contribution in [3.63, 3.8) is 0 Å². The van der Waals surface area contributed by atoms with Crippen LogP contribution in [0.2, 0.25) is 0 Å². The van der Waals surface area contributed by atoms with Crippen LogP contribution in [-0.2, 0) is 19.6 Å². The predicted molar refractivity (Wildman–Crippen MR) is 127 cm³/mol. The number of amides is 1. The molecule has 7 nitrogen and oxygen atoms in total. The lowest BCUT2D eigenvalue weighted by Gasteiger charge is -2.26. The summed E-state index contributed by atoms with van der Waals surface area (Å²) in [6, 6.07) is 6.67. The van der Waals surface area contributed by atoms with Crippen LogP contribution in [0.5, 0.6) is 5.75 Å². The molecule has 0 radical (unpaired) electrons. The first-order chi connectivity index (χ1) is 15.1. The van der Waals surface area contributed by atoms with E-state index < -0.39 is 10.0 Å². The topological polar surface area (TPSA) is 84.9 Å². The third kappa shape index (κ3) is 5.28. The summed E-state index contributed by atoms with van der Waals surface area (Å²) in [7, 11) is -2.20. The second kappa shape index (κ2) is 10.2. The van der Waals surface area contributed by atoms with Crippen LogP contribution in [0.3, 0.4) is 0 Å².